The minimum absolute atomic E-state index is 0.00601. The molecule has 0 amide bonds. The summed E-state index contributed by atoms with van der Waals surface area (Å²) in [5.41, 5.74) is 10.8. The molecule has 0 aliphatic heterocycles. The smallest absolute Gasteiger partial charge is 0.196 e. The predicted molar refractivity (Wildman–Crippen MR) is 344 cm³/mol. The van der Waals surface area contributed by atoms with E-state index in [1.54, 1.807) is 47.0 Å². The number of fused-ring (bicyclic) bond motifs is 2. The molecule has 11 rings (SSSR count). The number of hydrogen-bond donors (Lipinski definition) is 0. The first-order valence-electron chi connectivity index (χ1n) is 28.8. The molecule has 0 radical (unpaired) electrons. The third kappa shape index (κ3) is 13.0. The van der Waals surface area contributed by atoms with E-state index >= 15 is 9.59 Å². The van der Waals surface area contributed by atoms with E-state index in [0.29, 0.717) is 34.1 Å². The van der Waals surface area contributed by atoms with Crippen LogP contribution in [0.3, 0.4) is 0 Å². The van der Waals surface area contributed by atoms with E-state index < -0.39 is 0 Å². The van der Waals surface area contributed by atoms with Crippen LogP contribution in [-0.2, 0) is 5.41 Å². The Labute approximate surface area is 501 Å². The molecule has 3 aliphatic rings. The first-order chi connectivity index (χ1) is 38.4. The molecule has 0 saturated heterocycles. The molecule has 0 N–H and O–H groups in total. The lowest BCUT2D eigenvalue weighted by Gasteiger charge is -2.28. The van der Waals surface area contributed by atoms with Crippen LogP contribution in [0.15, 0.2) is 209 Å². The van der Waals surface area contributed by atoms with Gasteiger partial charge in [-0.05, 0) is 227 Å². The zero-order chi connectivity index (χ0) is 54.6. The van der Waals surface area contributed by atoms with Crippen molar-refractivity contribution < 1.29 is 9.59 Å². The summed E-state index contributed by atoms with van der Waals surface area (Å²) >= 11 is 8.56. The molecule has 2 nitrogen and oxygen atoms in total. The van der Waals surface area contributed by atoms with Gasteiger partial charge in [-0.15, -0.1) is 0 Å². The number of ketones is 2. The van der Waals surface area contributed by atoms with Crippen molar-refractivity contribution in [1.29, 1.82) is 0 Å². The molecule has 0 bridgehead atoms. The fourth-order valence-electron chi connectivity index (χ4n) is 12.4. The molecule has 79 heavy (non-hydrogen) atoms. The van der Waals surface area contributed by atoms with Crippen LogP contribution in [0.5, 0.6) is 0 Å². The van der Waals surface area contributed by atoms with Crippen molar-refractivity contribution in [3.05, 3.63) is 212 Å². The molecule has 0 aromatic heterocycles. The normalized spacial score (nSPS) is 18.3. The van der Waals surface area contributed by atoms with E-state index in [2.05, 4.69) is 221 Å². The molecule has 0 atom stereocenters. The summed E-state index contributed by atoms with van der Waals surface area (Å²) in [6.45, 7) is 11.3. The van der Waals surface area contributed by atoms with Crippen LogP contribution in [-0.4, -0.2) is 11.6 Å². The number of carbonyl (C=O) groups is 2. The van der Waals surface area contributed by atoms with Gasteiger partial charge in [0, 0.05) is 65.0 Å². The second kappa shape index (κ2) is 25.2. The minimum atomic E-state index is -0.114. The van der Waals surface area contributed by atoms with Gasteiger partial charge < -0.3 is 0 Å². The van der Waals surface area contributed by atoms with Crippen molar-refractivity contribution in [3.8, 4) is 22.3 Å². The Morgan fingerprint density at radius 1 is 0.380 bits per heavy atom. The molecule has 2 fully saturated rings. The maximum atomic E-state index is 15.9. The van der Waals surface area contributed by atoms with E-state index in [-0.39, 0.29) is 17.0 Å². The van der Waals surface area contributed by atoms with Crippen molar-refractivity contribution in [1.82, 2.24) is 0 Å². The van der Waals surface area contributed by atoms with Crippen LogP contribution in [0.25, 0.3) is 22.3 Å². The summed E-state index contributed by atoms with van der Waals surface area (Å²) in [7, 11) is 0. The number of halogens is 1. The monoisotopic (exact) mass is 1220 g/mol. The zero-order valence-corrected chi connectivity index (χ0v) is 51.7. The van der Waals surface area contributed by atoms with Gasteiger partial charge in [-0.25, -0.2) is 0 Å². The average Bonchev–Trinajstić information content (AvgIpc) is 3.65. The highest BCUT2D eigenvalue weighted by Crippen LogP contribution is 2.49. The Bertz CT molecular complexity index is 3420. The van der Waals surface area contributed by atoms with Crippen molar-refractivity contribution in [2.75, 3.05) is 0 Å². The summed E-state index contributed by atoms with van der Waals surface area (Å²) in [6, 6.07) is 61.2. The summed E-state index contributed by atoms with van der Waals surface area (Å²) in [5, 5.41) is 0. The van der Waals surface area contributed by atoms with Crippen LogP contribution in [0.2, 0.25) is 0 Å². The molecular formula is C72H71IO2S4. The second-order valence-electron chi connectivity index (χ2n) is 23.2. The lowest BCUT2D eigenvalue weighted by atomic mass is 9.77. The van der Waals surface area contributed by atoms with Crippen molar-refractivity contribution >= 4 is 81.2 Å². The number of carbonyl (C=O) groups excluding carboxylic acids is 2. The maximum Gasteiger partial charge on any atom is 0.196 e. The molecule has 402 valence electrons. The van der Waals surface area contributed by atoms with Crippen molar-refractivity contribution in [2.45, 2.75) is 168 Å². The van der Waals surface area contributed by atoms with E-state index in [1.807, 2.05) is 6.07 Å². The molecule has 8 aromatic carbocycles. The third-order valence-corrected chi connectivity index (χ3v) is 21.8. The molecule has 8 aromatic rings. The molecule has 2 saturated carbocycles. The molecule has 0 heterocycles. The second-order valence-corrected chi connectivity index (χ2v) is 28.9. The van der Waals surface area contributed by atoms with Gasteiger partial charge in [-0.3, -0.25) is 9.59 Å². The topological polar surface area (TPSA) is 34.1 Å². The SMILES string of the molecule is CCCC1CCC(c2ccc(-c3ccc(Sc4ccc(Sc5ccc(-c6ccc(C7CCC(CCC)CC7)cc6)cc5)c5c4C(=O)c4c(Sc6ccc(I)cc6)ccc(Sc6ccc(C(C)(C)C)cc6)c4C5=O)cc3)cc2)CC1. The molecule has 3 aliphatic carbocycles. The van der Waals surface area contributed by atoms with Crippen molar-refractivity contribution in [3.63, 3.8) is 0 Å². The minimum Gasteiger partial charge on any atom is -0.288 e. The van der Waals surface area contributed by atoms with E-state index in [9.17, 15) is 0 Å². The summed E-state index contributed by atoms with van der Waals surface area (Å²) in [5.74, 6) is 2.88. The third-order valence-electron chi connectivity index (χ3n) is 16.8. The Morgan fingerprint density at radius 2 is 0.658 bits per heavy atom. The lowest BCUT2D eigenvalue weighted by molar-refractivity contribution is 0.0970. The van der Waals surface area contributed by atoms with Crippen LogP contribution in [0.4, 0.5) is 0 Å². The van der Waals surface area contributed by atoms with Crippen LogP contribution >= 0.6 is 69.6 Å². The van der Waals surface area contributed by atoms with E-state index in [0.717, 1.165) is 65.7 Å². The van der Waals surface area contributed by atoms with Crippen LogP contribution in [0, 0.1) is 15.4 Å². The highest BCUT2D eigenvalue weighted by molar-refractivity contribution is 14.1. The largest absolute Gasteiger partial charge is 0.288 e. The average molecular weight is 1220 g/mol. The Balaban J connectivity index is 0.921. The van der Waals surface area contributed by atoms with Gasteiger partial charge >= 0.3 is 0 Å². The Kier molecular flexibility index (Phi) is 17.9. The van der Waals surface area contributed by atoms with Gasteiger partial charge in [0.05, 0.1) is 0 Å². The number of benzene rings is 8. The highest BCUT2D eigenvalue weighted by Gasteiger charge is 2.38. The van der Waals surface area contributed by atoms with Gasteiger partial charge in [-0.1, -0.05) is 192 Å². The van der Waals surface area contributed by atoms with Gasteiger partial charge in [0.25, 0.3) is 0 Å². The molecule has 0 spiro atoms. The standard InChI is InChI=1S/C72H71IO2S4/c1-6-8-46-10-14-48(15-11-46)50-18-22-52(23-19-50)54-26-34-58(35-27-54)76-62-42-43-63(77-59-36-28-55(29-37-59)53-24-20-51(21-25-53)49-16-12-47(9-7-2)13-17-49)67-66(62)70(74)68-64(78-60-38-30-56(31-39-60)72(3,4)5)44-45-65(69(68)71(67)75)79-61-40-32-57(73)33-41-61/h18-49H,6-17H2,1-5H3. The maximum absolute atomic E-state index is 15.9. The summed E-state index contributed by atoms with van der Waals surface area (Å²) in [6.07, 6.45) is 15.9. The Hall–Kier alpha value is -4.77. The fraction of sp³-hybridized carbons (Fsp3) is 0.306. The molecule has 7 heteroatoms. The first kappa shape index (κ1) is 56.1. The van der Waals surface area contributed by atoms with E-state index in [4.69, 9.17) is 0 Å². The predicted octanol–water partition coefficient (Wildman–Crippen LogP) is 22.5. The number of hydrogen-bond acceptors (Lipinski definition) is 6. The zero-order valence-electron chi connectivity index (χ0n) is 46.3. The summed E-state index contributed by atoms with van der Waals surface area (Å²) < 4.78 is 1.14. The van der Waals surface area contributed by atoms with Gasteiger partial charge in [0.15, 0.2) is 11.6 Å². The van der Waals surface area contributed by atoms with Gasteiger partial charge in [0.1, 0.15) is 0 Å². The quantitative estimate of drug-likeness (QED) is 0.0897. The van der Waals surface area contributed by atoms with Gasteiger partial charge in [0.2, 0.25) is 0 Å². The Morgan fingerprint density at radius 3 is 0.949 bits per heavy atom. The number of rotatable bonds is 16. The first-order valence-corrected chi connectivity index (χ1v) is 33.1. The van der Waals surface area contributed by atoms with Crippen molar-refractivity contribution in [2.24, 2.45) is 11.8 Å². The molecule has 0 unspecified atom stereocenters. The van der Waals surface area contributed by atoms with Crippen LogP contribution in [0.1, 0.15) is 172 Å². The molecular weight excluding hydrogens is 1150 g/mol. The summed E-state index contributed by atoms with van der Waals surface area (Å²) in [4.78, 5) is 39.0. The van der Waals surface area contributed by atoms with Crippen LogP contribution < -0.4 is 0 Å². The highest BCUT2D eigenvalue weighted by atomic mass is 127. The van der Waals surface area contributed by atoms with Gasteiger partial charge in [-0.2, -0.15) is 0 Å². The van der Waals surface area contributed by atoms with E-state index in [1.165, 1.54) is 105 Å². The fourth-order valence-corrected chi connectivity index (χ4v) is 16.6. The lowest BCUT2D eigenvalue weighted by Crippen LogP contribution is -2.24.